The number of rotatable bonds is 4. The Morgan fingerprint density at radius 1 is 1.21 bits per heavy atom. The van der Waals surface area contributed by atoms with E-state index in [1.165, 1.54) is 5.56 Å². The average Bonchev–Trinajstić information content (AvgIpc) is 2.59. The molecule has 1 fully saturated rings. The van der Waals surface area contributed by atoms with Crippen molar-refractivity contribution in [2.45, 2.75) is 32.4 Å². The van der Waals surface area contributed by atoms with Crippen LogP contribution < -0.4 is 4.90 Å². The summed E-state index contributed by atoms with van der Waals surface area (Å²) in [5, 5.41) is 8.48. The molecular formula is C18H22ClFN4. The van der Waals surface area contributed by atoms with Gasteiger partial charge in [-0.3, -0.25) is 4.90 Å². The third kappa shape index (κ3) is 4.02. The molecule has 4 nitrogen and oxygen atoms in total. The van der Waals surface area contributed by atoms with Crippen molar-refractivity contribution in [2.24, 2.45) is 0 Å². The van der Waals surface area contributed by atoms with Crippen molar-refractivity contribution in [3.63, 3.8) is 0 Å². The van der Waals surface area contributed by atoms with Gasteiger partial charge in [0.15, 0.2) is 11.0 Å². The van der Waals surface area contributed by atoms with Crippen LogP contribution in [-0.2, 0) is 6.54 Å². The van der Waals surface area contributed by atoms with E-state index in [1.54, 1.807) is 12.1 Å². The highest BCUT2D eigenvalue weighted by Gasteiger charge is 2.23. The minimum atomic E-state index is -0.136. The van der Waals surface area contributed by atoms with Crippen LogP contribution in [0.3, 0.4) is 0 Å². The zero-order chi connectivity index (χ0) is 17.1. The lowest BCUT2D eigenvalue weighted by atomic mass is 10.0. The molecular weight excluding hydrogens is 327 g/mol. The number of hydrogen-bond acceptors (Lipinski definition) is 4. The number of piperidine rings is 1. The Morgan fingerprint density at radius 3 is 2.58 bits per heavy atom. The molecule has 1 aliphatic rings. The minimum Gasteiger partial charge on any atom is -0.355 e. The molecule has 2 heterocycles. The molecule has 6 heteroatoms. The van der Waals surface area contributed by atoms with E-state index in [4.69, 9.17) is 11.6 Å². The standard InChI is InChI=1S/C18H22ClFN4/c1-13-11-14(3-4-16(13)20)12-24-9-7-15(8-10-24)23(2)18-6-5-17(19)21-22-18/h3-6,11,15H,7-10,12H2,1-2H3. The second kappa shape index (κ2) is 7.45. The van der Waals surface area contributed by atoms with Crippen molar-refractivity contribution in [3.8, 4) is 0 Å². The lowest BCUT2D eigenvalue weighted by Gasteiger charge is -2.37. The first-order valence-corrected chi connectivity index (χ1v) is 8.60. The maximum absolute atomic E-state index is 13.4. The topological polar surface area (TPSA) is 32.3 Å². The fourth-order valence-electron chi connectivity index (χ4n) is 3.21. The Hall–Kier alpha value is -1.72. The van der Waals surface area contributed by atoms with Gasteiger partial charge in [-0.05, 0) is 49.1 Å². The molecule has 1 aliphatic heterocycles. The Morgan fingerprint density at radius 2 is 1.96 bits per heavy atom. The van der Waals surface area contributed by atoms with E-state index < -0.39 is 0 Å². The molecule has 128 valence electrons. The molecule has 0 spiro atoms. The van der Waals surface area contributed by atoms with Gasteiger partial charge in [0.1, 0.15) is 5.82 Å². The molecule has 1 aromatic heterocycles. The summed E-state index contributed by atoms with van der Waals surface area (Å²) in [5.74, 6) is 0.718. The van der Waals surface area contributed by atoms with E-state index in [0.717, 1.165) is 38.3 Å². The summed E-state index contributed by atoms with van der Waals surface area (Å²) in [5.41, 5.74) is 1.88. The van der Waals surface area contributed by atoms with Crippen LogP contribution >= 0.6 is 11.6 Å². The first kappa shape index (κ1) is 17.1. The van der Waals surface area contributed by atoms with Gasteiger partial charge in [0.25, 0.3) is 0 Å². The lowest BCUT2D eigenvalue weighted by molar-refractivity contribution is 0.203. The zero-order valence-electron chi connectivity index (χ0n) is 14.0. The van der Waals surface area contributed by atoms with Crippen molar-refractivity contribution in [2.75, 3.05) is 25.0 Å². The number of halogens is 2. The predicted octanol–water partition coefficient (Wildman–Crippen LogP) is 3.68. The van der Waals surface area contributed by atoms with Crippen LogP contribution in [0.2, 0.25) is 5.15 Å². The van der Waals surface area contributed by atoms with E-state index in [0.29, 0.717) is 16.8 Å². The Kier molecular flexibility index (Phi) is 5.31. The number of anilines is 1. The largest absolute Gasteiger partial charge is 0.355 e. The summed E-state index contributed by atoms with van der Waals surface area (Å²) in [6.07, 6.45) is 2.14. The Balaban J connectivity index is 1.55. The molecule has 3 rings (SSSR count). The lowest BCUT2D eigenvalue weighted by Crippen LogP contribution is -2.43. The SMILES string of the molecule is Cc1cc(CN2CCC(N(C)c3ccc(Cl)nn3)CC2)ccc1F. The van der Waals surface area contributed by atoms with E-state index in [1.807, 2.05) is 25.1 Å². The van der Waals surface area contributed by atoms with Crippen molar-refractivity contribution >= 4 is 17.4 Å². The smallest absolute Gasteiger partial charge is 0.151 e. The summed E-state index contributed by atoms with van der Waals surface area (Å²) < 4.78 is 13.4. The van der Waals surface area contributed by atoms with Gasteiger partial charge in [-0.1, -0.05) is 23.7 Å². The minimum absolute atomic E-state index is 0.136. The molecule has 0 atom stereocenters. The van der Waals surface area contributed by atoms with Gasteiger partial charge >= 0.3 is 0 Å². The number of aromatic nitrogens is 2. The highest BCUT2D eigenvalue weighted by Crippen LogP contribution is 2.22. The van der Waals surface area contributed by atoms with Crippen molar-refractivity contribution in [3.05, 3.63) is 52.4 Å². The normalized spacial score (nSPS) is 16.3. The quantitative estimate of drug-likeness (QED) is 0.843. The van der Waals surface area contributed by atoms with Crippen molar-refractivity contribution in [1.82, 2.24) is 15.1 Å². The molecule has 24 heavy (non-hydrogen) atoms. The Labute approximate surface area is 147 Å². The first-order chi connectivity index (χ1) is 11.5. The number of nitrogens with zero attached hydrogens (tertiary/aromatic N) is 4. The highest BCUT2D eigenvalue weighted by molar-refractivity contribution is 6.29. The summed E-state index contributed by atoms with van der Waals surface area (Å²) in [7, 11) is 2.06. The van der Waals surface area contributed by atoms with Gasteiger partial charge in [0, 0.05) is 32.7 Å². The van der Waals surface area contributed by atoms with Crippen LogP contribution in [0, 0.1) is 12.7 Å². The molecule has 0 amide bonds. The van der Waals surface area contributed by atoms with E-state index >= 15 is 0 Å². The Bertz CT molecular complexity index is 684. The molecule has 0 bridgehead atoms. The summed E-state index contributed by atoms with van der Waals surface area (Å²) >= 11 is 5.80. The van der Waals surface area contributed by atoms with Gasteiger partial charge < -0.3 is 4.90 Å². The molecule has 0 saturated carbocycles. The van der Waals surface area contributed by atoms with Crippen LogP contribution in [0.4, 0.5) is 10.2 Å². The van der Waals surface area contributed by atoms with Gasteiger partial charge in [-0.2, -0.15) is 0 Å². The molecule has 0 aliphatic carbocycles. The van der Waals surface area contributed by atoms with Crippen molar-refractivity contribution in [1.29, 1.82) is 0 Å². The second-order valence-corrected chi connectivity index (χ2v) is 6.80. The molecule has 0 N–H and O–H groups in total. The predicted molar refractivity (Wildman–Crippen MR) is 94.9 cm³/mol. The molecule has 0 unspecified atom stereocenters. The van der Waals surface area contributed by atoms with Crippen molar-refractivity contribution < 1.29 is 4.39 Å². The van der Waals surface area contributed by atoms with Crippen LogP contribution in [-0.4, -0.2) is 41.3 Å². The number of benzene rings is 1. The average molecular weight is 349 g/mol. The summed E-state index contributed by atoms with van der Waals surface area (Å²) in [6.45, 7) is 4.73. The highest BCUT2D eigenvalue weighted by atomic mass is 35.5. The maximum atomic E-state index is 13.4. The third-order valence-corrected chi connectivity index (χ3v) is 4.91. The fourth-order valence-corrected chi connectivity index (χ4v) is 3.31. The van der Waals surface area contributed by atoms with E-state index in [9.17, 15) is 4.39 Å². The number of hydrogen-bond donors (Lipinski definition) is 0. The van der Waals surface area contributed by atoms with Crippen LogP contribution in [0.5, 0.6) is 0 Å². The van der Waals surface area contributed by atoms with Gasteiger partial charge in [-0.15, -0.1) is 10.2 Å². The zero-order valence-corrected chi connectivity index (χ0v) is 14.8. The third-order valence-electron chi connectivity index (χ3n) is 4.71. The van der Waals surface area contributed by atoms with E-state index in [2.05, 4.69) is 27.0 Å². The monoisotopic (exact) mass is 348 g/mol. The summed E-state index contributed by atoms with van der Waals surface area (Å²) in [6, 6.07) is 9.51. The molecule has 2 aromatic rings. The fraction of sp³-hybridized carbons (Fsp3) is 0.444. The molecule has 1 saturated heterocycles. The molecule has 1 aromatic carbocycles. The van der Waals surface area contributed by atoms with Crippen LogP contribution in [0.15, 0.2) is 30.3 Å². The second-order valence-electron chi connectivity index (χ2n) is 6.42. The van der Waals surface area contributed by atoms with Crippen LogP contribution in [0.1, 0.15) is 24.0 Å². The van der Waals surface area contributed by atoms with Gasteiger partial charge in [0.05, 0.1) is 0 Å². The van der Waals surface area contributed by atoms with E-state index in [-0.39, 0.29) is 5.82 Å². The van der Waals surface area contributed by atoms with Gasteiger partial charge in [0.2, 0.25) is 0 Å². The van der Waals surface area contributed by atoms with Gasteiger partial charge in [-0.25, -0.2) is 4.39 Å². The van der Waals surface area contributed by atoms with Crippen LogP contribution in [0.25, 0.3) is 0 Å². The maximum Gasteiger partial charge on any atom is 0.151 e. The number of likely N-dealkylation sites (tertiary alicyclic amines) is 1. The number of aryl methyl sites for hydroxylation is 1. The first-order valence-electron chi connectivity index (χ1n) is 8.22. The molecule has 0 radical (unpaired) electrons. The summed E-state index contributed by atoms with van der Waals surface area (Å²) in [4.78, 5) is 4.60.